The van der Waals surface area contributed by atoms with E-state index < -0.39 is 0 Å². The van der Waals surface area contributed by atoms with Crippen LogP contribution in [-0.2, 0) is 4.79 Å². The van der Waals surface area contributed by atoms with Crippen LogP contribution < -0.4 is 5.32 Å². The first-order valence-corrected chi connectivity index (χ1v) is 5.69. The highest BCUT2D eigenvalue weighted by Gasteiger charge is 1.96. The molecule has 1 rings (SSSR count). The second kappa shape index (κ2) is 6.83. The second-order valence-electron chi connectivity index (χ2n) is 4.22. The van der Waals surface area contributed by atoms with Crippen molar-refractivity contribution in [3.05, 3.63) is 42.0 Å². The van der Waals surface area contributed by atoms with E-state index in [2.05, 4.69) is 19.2 Å². The molecule has 0 bridgehead atoms. The molecule has 0 aliphatic heterocycles. The molecule has 0 aromatic heterocycles. The summed E-state index contributed by atoms with van der Waals surface area (Å²) in [4.78, 5) is 11.4. The molecule has 0 aliphatic carbocycles. The molecule has 0 saturated carbocycles. The van der Waals surface area contributed by atoms with Crippen molar-refractivity contribution >= 4 is 12.0 Å². The highest BCUT2D eigenvalue weighted by molar-refractivity contribution is 5.91. The summed E-state index contributed by atoms with van der Waals surface area (Å²) in [5, 5.41) is 2.86. The van der Waals surface area contributed by atoms with E-state index in [9.17, 15) is 4.79 Å². The monoisotopic (exact) mass is 217 g/mol. The van der Waals surface area contributed by atoms with Crippen LogP contribution in [0.3, 0.4) is 0 Å². The Morgan fingerprint density at radius 3 is 2.62 bits per heavy atom. The number of hydrogen-bond donors (Lipinski definition) is 1. The Hall–Kier alpha value is -1.57. The second-order valence-corrected chi connectivity index (χ2v) is 4.22. The van der Waals surface area contributed by atoms with Crippen LogP contribution in [0.25, 0.3) is 6.08 Å². The number of carbonyl (C=O) groups is 1. The molecule has 0 aliphatic rings. The number of amides is 1. The van der Waals surface area contributed by atoms with Crippen LogP contribution in [-0.4, -0.2) is 12.5 Å². The normalized spacial score (nSPS) is 10.9. The van der Waals surface area contributed by atoms with E-state index in [1.54, 1.807) is 6.08 Å². The Morgan fingerprint density at radius 2 is 2.00 bits per heavy atom. The maximum atomic E-state index is 11.4. The molecule has 86 valence electrons. The average Bonchev–Trinajstić information content (AvgIpc) is 2.27. The Kier molecular flexibility index (Phi) is 5.34. The summed E-state index contributed by atoms with van der Waals surface area (Å²) in [6, 6.07) is 9.81. The molecule has 0 atom stereocenters. The molecule has 0 saturated heterocycles. The van der Waals surface area contributed by atoms with Gasteiger partial charge >= 0.3 is 0 Å². The highest BCUT2D eigenvalue weighted by atomic mass is 16.1. The van der Waals surface area contributed by atoms with Gasteiger partial charge in [0, 0.05) is 12.6 Å². The maximum Gasteiger partial charge on any atom is 0.243 e. The van der Waals surface area contributed by atoms with Crippen LogP contribution >= 0.6 is 0 Å². The number of carbonyl (C=O) groups excluding carboxylic acids is 1. The van der Waals surface area contributed by atoms with E-state index in [1.807, 2.05) is 36.4 Å². The van der Waals surface area contributed by atoms with Crippen LogP contribution in [0.2, 0.25) is 0 Å². The molecule has 2 heteroatoms. The van der Waals surface area contributed by atoms with E-state index in [4.69, 9.17) is 0 Å². The van der Waals surface area contributed by atoms with Gasteiger partial charge in [-0.3, -0.25) is 4.79 Å². The summed E-state index contributed by atoms with van der Waals surface area (Å²) in [7, 11) is 0. The quantitative estimate of drug-likeness (QED) is 0.755. The summed E-state index contributed by atoms with van der Waals surface area (Å²) in [6.07, 6.45) is 4.42. The maximum absolute atomic E-state index is 11.4. The number of rotatable bonds is 5. The zero-order valence-corrected chi connectivity index (χ0v) is 9.94. The van der Waals surface area contributed by atoms with Crippen molar-refractivity contribution in [3.63, 3.8) is 0 Å². The lowest BCUT2D eigenvalue weighted by Crippen LogP contribution is -2.23. The number of nitrogens with one attached hydrogen (secondary N) is 1. The first kappa shape index (κ1) is 12.5. The molecule has 1 N–H and O–H groups in total. The van der Waals surface area contributed by atoms with Gasteiger partial charge in [-0.25, -0.2) is 0 Å². The van der Waals surface area contributed by atoms with Gasteiger partial charge in [0.25, 0.3) is 0 Å². The van der Waals surface area contributed by atoms with E-state index >= 15 is 0 Å². The highest BCUT2D eigenvalue weighted by Crippen LogP contribution is 2.00. The van der Waals surface area contributed by atoms with Crippen molar-refractivity contribution in [1.82, 2.24) is 5.32 Å². The van der Waals surface area contributed by atoms with Gasteiger partial charge in [0.15, 0.2) is 0 Å². The van der Waals surface area contributed by atoms with E-state index in [0.717, 1.165) is 18.5 Å². The molecule has 0 unspecified atom stereocenters. The van der Waals surface area contributed by atoms with E-state index in [-0.39, 0.29) is 5.91 Å². The van der Waals surface area contributed by atoms with Gasteiger partial charge in [0.2, 0.25) is 5.91 Å². The molecule has 16 heavy (non-hydrogen) atoms. The Labute approximate surface area is 97.4 Å². The number of benzene rings is 1. The zero-order valence-electron chi connectivity index (χ0n) is 9.94. The van der Waals surface area contributed by atoms with Crippen molar-refractivity contribution < 1.29 is 4.79 Å². The van der Waals surface area contributed by atoms with E-state index in [0.29, 0.717) is 5.92 Å². The van der Waals surface area contributed by atoms with Crippen LogP contribution in [0.1, 0.15) is 25.8 Å². The Bertz CT molecular complexity index is 341. The SMILES string of the molecule is CC(C)CCNC(=O)C=Cc1ccccc1. The van der Waals surface area contributed by atoms with Crippen LogP contribution in [0.4, 0.5) is 0 Å². The third-order valence-electron chi connectivity index (χ3n) is 2.25. The van der Waals surface area contributed by atoms with Gasteiger partial charge < -0.3 is 5.32 Å². The number of hydrogen-bond acceptors (Lipinski definition) is 1. The van der Waals surface area contributed by atoms with Gasteiger partial charge in [-0.1, -0.05) is 44.2 Å². The summed E-state index contributed by atoms with van der Waals surface area (Å²) in [5.74, 6) is 0.600. The smallest absolute Gasteiger partial charge is 0.243 e. The fraction of sp³-hybridized carbons (Fsp3) is 0.357. The summed E-state index contributed by atoms with van der Waals surface area (Å²) in [6.45, 7) is 5.04. The largest absolute Gasteiger partial charge is 0.353 e. The van der Waals surface area contributed by atoms with E-state index in [1.165, 1.54) is 0 Å². The van der Waals surface area contributed by atoms with Gasteiger partial charge in [-0.2, -0.15) is 0 Å². The molecule has 2 nitrogen and oxygen atoms in total. The molecule has 0 radical (unpaired) electrons. The van der Waals surface area contributed by atoms with Crippen molar-refractivity contribution in [2.75, 3.05) is 6.54 Å². The molecule has 0 heterocycles. The predicted molar refractivity (Wildman–Crippen MR) is 67.9 cm³/mol. The summed E-state index contributed by atoms with van der Waals surface area (Å²) in [5.41, 5.74) is 1.04. The Morgan fingerprint density at radius 1 is 1.31 bits per heavy atom. The van der Waals surface area contributed by atoms with Gasteiger partial charge in [0.05, 0.1) is 0 Å². The topological polar surface area (TPSA) is 29.1 Å². The predicted octanol–water partition coefficient (Wildman–Crippen LogP) is 2.86. The zero-order chi connectivity index (χ0) is 11.8. The van der Waals surface area contributed by atoms with Crippen molar-refractivity contribution in [3.8, 4) is 0 Å². The molecule has 1 aromatic rings. The van der Waals surface area contributed by atoms with Crippen LogP contribution in [0.5, 0.6) is 0 Å². The summed E-state index contributed by atoms with van der Waals surface area (Å²) >= 11 is 0. The lowest BCUT2D eigenvalue weighted by Gasteiger charge is -2.04. The lowest BCUT2D eigenvalue weighted by molar-refractivity contribution is -0.116. The lowest BCUT2D eigenvalue weighted by atomic mass is 10.1. The third kappa shape index (κ3) is 5.35. The molecule has 0 spiro atoms. The van der Waals surface area contributed by atoms with Gasteiger partial charge in [-0.15, -0.1) is 0 Å². The van der Waals surface area contributed by atoms with Gasteiger partial charge in [0.1, 0.15) is 0 Å². The third-order valence-corrected chi connectivity index (χ3v) is 2.25. The molecule has 1 amide bonds. The minimum absolute atomic E-state index is 0.0236. The molecule has 1 aromatic carbocycles. The van der Waals surface area contributed by atoms with Crippen molar-refractivity contribution in [1.29, 1.82) is 0 Å². The molecule has 0 fully saturated rings. The molecular formula is C14H19NO. The van der Waals surface area contributed by atoms with Gasteiger partial charge in [-0.05, 0) is 24.0 Å². The van der Waals surface area contributed by atoms with Crippen molar-refractivity contribution in [2.24, 2.45) is 5.92 Å². The minimum Gasteiger partial charge on any atom is -0.353 e. The van der Waals surface area contributed by atoms with Crippen LogP contribution in [0, 0.1) is 5.92 Å². The molecular weight excluding hydrogens is 198 g/mol. The fourth-order valence-electron chi connectivity index (χ4n) is 1.28. The standard InChI is InChI=1S/C14H19NO/c1-12(2)10-11-15-14(16)9-8-13-6-4-3-5-7-13/h3-9,12H,10-11H2,1-2H3,(H,15,16). The minimum atomic E-state index is -0.0236. The first-order valence-electron chi connectivity index (χ1n) is 5.69. The summed E-state index contributed by atoms with van der Waals surface area (Å²) < 4.78 is 0. The fourth-order valence-corrected chi connectivity index (χ4v) is 1.28. The van der Waals surface area contributed by atoms with Crippen LogP contribution in [0.15, 0.2) is 36.4 Å². The Balaban J connectivity index is 2.32. The average molecular weight is 217 g/mol. The van der Waals surface area contributed by atoms with Crippen molar-refractivity contribution in [2.45, 2.75) is 20.3 Å². The first-order chi connectivity index (χ1) is 7.68.